The number of nitrogens with zero attached hydrogens (tertiary/aromatic N) is 1. The molecule has 0 saturated heterocycles. The second kappa shape index (κ2) is 9.06. The summed E-state index contributed by atoms with van der Waals surface area (Å²) in [5.41, 5.74) is 3.39. The summed E-state index contributed by atoms with van der Waals surface area (Å²) < 4.78 is 5.76. The van der Waals surface area contributed by atoms with Crippen LogP contribution >= 0.6 is 0 Å². The van der Waals surface area contributed by atoms with Gasteiger partial charge in [0.1, 0.15) is 5.75 Å². The van der Waals surface area contributed by atoms with Gasteiger partial charge in [0, 0.05) is 25.3 Å². The highest BCUT2D eigenvalue weighted by molar-refractivity contribution is 5.96. The van der Waals surface area contributed by atoms with Crippen molar-refractivity contribution in [1.29, 1.82) is 0 Å². The number of carbonyl (C=O) groups excluding carboxylic acids is 2. The maximum atomic E-state index is 12.4. The molecule has 0 saturated carbocycles. The molecule has 3 aromatic rings. The smallest absolute Gasteiger partial charge is 0.265 e. The lowest BCUT2D eigenvalue weighted by Crippen LogP contribution is -2.30. The number of hydrogen-bond donors (Lipinski definition) is 1. The number of amides is 2. The minimum Gasteiger partial charge on any atom is -0.481 e. The van der Waals surface area contributed by atoms with E-state index in [1.54, 1.807) is 45.3 Å². The predicted octanol–water partition coefficient (Wildman–Crippen LogP) is 4.46. The van der Waals surface area contributed by atoms with Crippen LogP contribution in [0.15, 0.2) is 78.9 Å². The summed E-state index contributed by atoms with van der Waals surface area (Å²) in [6.07, 6.45) is -0.666. The molecule has 0 heterocycles. The predicted molar refractivity (Wildman–Crippen MR) is 115 cm³/mol. The highest BCUT2D eigenvalue weighted by Crippen LogP contribution is 2.23. The first-order valence-corrected chi connectivity index (χ1v) is 9.39. The van der Waals surface area contributed by atoms with Gasteiger partial charge in [-0.3, -0.25) is 9.59 Å². The van der Waals surface area contributed by atoms with Gasteiger partial charge in [-0.05, 0) is 54.4 Å². The topological polar surface area (TPSA) is 58.6 Å². The maximum Gasteiger partial charge on any atom is 0.265 e. The first-order chi connectivity index (χ1) is 13.9. The molecule has 3 aromatic carbocycles. The van der Waals surface area contributed by atoms with Gasteiger partial charge in [-0.25, -0.2) is 0 Å². The number of benzene rings is 3. The number of carbonyl (C=O) groups is 2. The third kappa shape index (κ3) is 5.23. The Bertz CT molecular complexity index is 965. The van der Waals surface area contributed by atoms with Crippen LogP contribution in [-0.4, -0.2) is 36.9 Å². The molecule has 1 atom stereocenters. The van der Waals surface area contributed by atoms with Crippen LogP contribution in [0.3, 0.4) is 0 Å². The van der Waals surface area contributed by atoms with E-state index in [0.717, 1.165) is 11.1 Å². The Hall–Kier alpha value is -3.60. The highest BCUT2D eigenvalue weighted by atomic mass is 16.5. The molecule has 3 rings (SSSR count). The lowest BCUT2D eigenvalue weighted by Gasteiger charge is -2.15. The van der Waals surface area contributed by atoms with E-state index >= 15 is 0 Å². The van der Waals surface area contributed by atoms with Crippen LogP contribution in [0.2, 0.25) is 0 Å². The van der Waals surface area contributed by atoms with E-state index in [9.17, 15) is 9.59 Å². The van der Waals surface area contributed by atoms with Gasteiger partial charge in [0.25, 0.3) is 11.8 Å². The van der Waals surface area contributed by atoms with Gasteiger partial charge < -0.3 is 15.0 Å². The Morgan fingerprint density at radius 1 is 0.828 bits per heavy atom. The van der Waals surface area contributed by atoms with Crippen LogP contribution in [0.25, 0.3) is 11.1 Å². The van der Waals surface area contributed by atoms with E-state index in [1.165, 1.54) is 4.90 Å². The standard InChI is InChI=1S/C24H24N2O3/c1-17(23(27)25-21-13-9-20(10-14-21)24(28)26(2)3)29-22-15-11-19(12-16-22)18-7-5-4-6-8-18/h4-17H,1-3H3,(H,25,27). The third-order valence-corrected chi connectivity index (χ3v) is 4.45. The first-order valence-electron chi connectivity index (χ1n) is 9.39. The van der Waals surface area contributed by atoms with Gasteiger partial charge in [-0.15, -0.1) is 0 Å². The van der Waals surface area contributed by atoms with Crippen molar-refractivity contribution in [3.63, 3.8) is 0 Å². The summed E-state index contributed by atoms with van der Waals surface area (Å²) in [6.45, 7) is 1.70. The fourth-order valence-electron chi connectivity index (χ4n) is 2.81. The zero-order valence-corrected chi connectivity index (χ0v) is 16.8. The van der Waals surface area contributed by atoms with E-state index in [4.69, 9.17) is 4.74 Å². The Labute approximate surface area is 170 Å². The number of ether oxygens (including phenoxy) is 1. The van der Waals surface area contributed by atoms with Gasteiger partial charge >= 0.3 is 0 Å². The van der Waals surface area contributed by atoms with Gasteiger partial charge in [0.2, 0.25) is 0 Å². The molecule has 1 N–H and O–H groups in total. The molecule has 5 heteroatoms. The summed E-state index contributed by atoms with van der Waals surface area (Å²) in [5, 5.41) is 2.81. The van der Waals surface area contributed by atoms with Crippen LogP contribution in [0, 0.1) is 0 Å². The zero-order chi connectivity index (χ0) is 20.8. The highest BCUT2D eigenvalue weighted by Gasteiger charge is 2.15. The Morgan fingerprint density at radius 2 is 1.41 bits per heavy atom. The second-order valence-electron chi connectivity index (χ2n) is 6.92. The normalized spacial score (nSPS) is 11.4. The summed E-state index contributed by atoms with van der Waals surface area (Å²) in [7, 11) is 3.40. The van der Waals surface area contributed by atoms with E-state index in [0.29, 0.717) is 17.0 Å². The number of hydrogen-bond acceptors (Lipinski definition) is 3. The summed E-state index contributed by atoms with van der Waals surface area (Å²) in [6, 6.07) is 24.5. The van der Waals surface area contributed by atoms with Gasteiger partial charge in [0.15, 0.2) is 6.10 Å². The molecule has 2 amide bonds. The average Bonchev–Trinajstić information content (AvgIpc) is 2.74. The van der Waals surface area contributed by atoms with Crippen molar-refractivity contribution in [1.82, 2.24) is 4.90 Å². The molecule has 1 unspecified atom stereocenters. The van der Waals surface area contributed by atoms with Crippen LogP contribution < -0.4 is 10.1 Å². The van der Waals surface area contributed by atoms with Crippen molar-refractivity contribution in [3.05, 3.63) is 84.4 Å². The number of anilines is 1. The van der Waals surface area contributed by atoms with Crippen molar-refractivity contribution in [2.75, 3.05) is 19.4 Å². The average molecular weight is 388 g/mol. The minimum absolute atomic E-state index is 0.0847. The molecule has 0 radical (unpaired) electrons. The quantitative estimate of drug-likeness (QED) is 0.678. The summed E-state index contributed by atoms with van der Waals surface area (Å²) >= 11 is 0. The van der Waals surface area contributed by atoms with Crippen LogP contribution in [-0.2, 0) is 4.79 Å². The van der Waals surface area contributed by atoms with Gasteiger partial charge in [0.05, 0.1) is 0 Å². The molecule has 148 valence electrons. The molecule has 0 aliphatic carbocycles. The SMILES string of the molecule is CC(Oc1ccc(-c2ccccc2)cc1)C(=O)Nc1ccc(C(=O)N(C)C)cc1. The van der Waals surface area contributed by atoms with Crippen molar-refractivity contribution < 1.29 is 14.3 Å². The minimum atomic E-state index is -0.666. The lowest BCUT2D eigenvalue weighted by molar-refractivity contribution is -0.122. The number of rotatable bonds is 6. The third-order valence-electron chi connectivity index (χ3n) is 4.45. The lowest BCUT2D eigenvalue weighted by atomic mass is 10.1. The van der Waals surface area contributed by atoms with Crippen molar-refractivity contribution >= 4 is 17.5 Å². The maximum absolute atomic E-state index is 12.4. The molecule has 0 spiro atoms. The molecule has 5 nitrogen and oxygen atoms in total. The Balaban J connectivity index is 1.58. The molecule has 0 bridgehead atoms. The van der Waals surface area contributed by atoms with Crippen LogP contribution in [0.5, 0.6) is 5.75 Å². The van der Waals surface area contributed by atoms with Crippen molar-refractivity contribution in [2.45, 2.75) is 13.0 Å². The fraction of sp³-hybridized carbons (Fsp3) is 0.167. The first kappa shape index (κ1) is 20.1. The Morgan fingerprint density at radius 3 is 2.00 bits per heavy atom. The van der Waals surface area contributed by atoms with E-state index in [2.05, 4.69) is 5.32 Å². The van der Waals surface area contributed by atoms with E-state index < -0.39 is 6.10 Å². The Kier molecular flexibility index (Phi) is 6.29. The fourth-order valence-corrected chi connectivity index (χ4v) is 2.81. The molecule has 0 aliphatic rings. The molecule has 29 heavy (non-hydrogen) atoms. The zero-order valence-electron chi connectivity index (χ0n) is 16.8. The molecular formula is C24H24N2O3. The molecule has 0 aromatic heterocycles. The van der Waals surface area contributed by atoms with E-state index in [1.807, 2.05) is 54.6 Å². The van der Waals surface area contributed by atoms with Crippen molar-refractivity contribution in [3.8, 4) is 16.9 Å². The monoisotopic (exact) mass is 388 g/mol. The summed E-state index contributed by atoms with van der Waals surface area (Å²) in [4.78, 5) is 25.8. The van der Waals surface area contributed by atoms with Crippen LogP contribution in [0.4, 0.5) is 5.69 Å². The summed E-state index contributed by atoms with van der Waals surface area (Å²) in [5.74, 6) is 0.279. The van der Waals surface area contributed by atoms with Crippen LogP contribution in [0.1, 0.15) is 17.3 Å². The van der Waals surface area contributed by atoms with E-state index in [-0.39, 0.29) is 11.8 Å². The molecule has 0 fully saturated rings. The second-order valence-corrected chi connectivity index (χ2v) is 6.92. The molecule has 0 aliphatic heterocycles. The molecular weight excluding hydrogens is 364 g/mol. The van der Waals surface area contributed by atoms with Gasteiger partial charge in [-0.2, -0.15) is 0 Å². The van der Waals surface area contributed by atoms with Crippen molar-refractivity contribution in [2.24, 2.45) is 0 Å². The largest absolute Gasteiger partial charge is 0.481 e. The van der Waals surface area contributed by atoms with Gasteiger partial charge in [-0.1, -0.05) is 42.5 Å². The number of nitrogens with one attached hydrogen (secondary N) is 1.